The van der Waals surface area contributed by atoms with E-state index < -0.39 is 0 Å². The Hall–Kier alpha value is -0.480. The summed E-state index contributed by atoms with van der Waals surface area (Å²) in [4.78, 5) is 0. The molecule has 5 heteroatoms. The summed E-state index contributed by atoms with van der Waals surface area (Å²) in [5.41, 5.74) is 5.17. The van der Waals surface area contributed by atoms with Crippen LogP contribution in [0.3, 0.4) is 0 Å². The van der Waals surface area contributed by atoms with Crippen LogP contribution in [0, 0.1) is 0 Å². The minimum Gasteiger partial charge on any atom is -1.00 e. The largest absolute Gasteiger partial charge is 1.00 e. The van der Waals surface area contributed by atoms with E-state index in [1.807, 2.05) is 0 Å². The fourth-order valence-corrected chi connectivity index (χ4v) is 0.770. The van der Waals surface area contributed by atoms with Crippen molar-refractivity contribution in [1.82, 2.24) is 0 Å². The van der Waals surface area contributed by atoms with Crippen molar-refractivity contribution < 1.29 is 22.3 Å². The van der Waals surface area contributed by atoms with Gasteiger partial charge in [0.1, 0.15) is 6.20 Å². The molecule has 1 rings (SSSR count). The van der Waals surface area contributed by atoms with Crippen LogP contribution in [0.2, 0.25) is 0 Å². The summed E-state index contributed by atoms with van der Waals surface area (Å²) in [6.45, 7) is 0. The maximum Gasteiger partial charge on any atom is 0.370 e. The lowest BCUT2D eigenvalue weighted by atomic mass is 11.0. The van der Waals surface area contributed by atoms with E-state index in [1.54, 1.807) is 5.38 Å². The number of nitrogen functional groups attached to an aromatic ring is 1. The smallest absolute Gasteiger partial charge is 0.370 e. The van der Waals surface area contributed by atoms with Crippen LogP contribution in [0.1, 0.15) is 0 Å². The van der Waals surface area contributed by atoms with Gasteiger partial charge in [-0.3, -0.25) is 5.73 Å². The molecule has 0 spiro atoms. The Bertz CT molecular complexity index is 150. The van der Waals surface area contributed by atoms with Crippen LogP contribution in [0.25, 0.3) is 0 Å². The number of nitrogens with two attached hydrogens (primary N) is 1. The summed E-state index contributed by atoms with van der Waals surface area (Å²) < 4.78 is 0.880. The zero-order valence-corrected chi connectivity index (χ0v) is 5.49. The highest BCUT2D eigenvalue weighted by Crippen LogP contribution is 1.99. The number of halogens is 1. The quantitative estimate of drug-likeness (QED) is 0.305. The molecule has 0 saturated heterocycles. The molecular formula is C3H5ClN2OS. The van der Waals surface area contributed by atoms with Gasteiger partial charge in [-0.2, -0.15) is 0 Å². The molecule has 0 atom stereocenters. The van der Waals surface area contributed by atoms with Crippen molar-refractivity contribution in [2.45, 2.75) is 0 Å². The highest BCUT2D eigenvalue weighted by Gasteiger charge is 1.98. The van der Waals surface area contributed by atoms with Crippen molar-refractivity contribution in [3.05, 3.63) is 11.6 Å². The Morgan fingerprint density at radius 1 is 1.75 bits per heavy atom. The van der Waals surface area contributed by atoms with Crippen LogP contribution >= 0.6 is 11.3 Å². The Morgan fingerprint density at radius 2 is 2.38 bits per heavy atom. The average Bonchev–Trinajstić information content (AvgIpc) is 1.91. The third-order valence-corrected chi connectivity index (χ3v) is 1.30. The second-order valence-corrected chi connectivity index (χ2v) is 2.01. The molecular weight excluding hydrogens is 148 g/mol. The number of aromatic nitrogens is 1. The molecule has 0 aromatic carbocycles. The number of hydrogen-bond acceptors (Lipinski definition) is 3. The Labute approximate surface area is 56.7 Å². The maximum atomic E-state index is 8.56. The summed E-state index contributed by atoms with van der Waals surface area (Å²) >= 11 is 1.30. The first kappa shape index (κ1) is 7.52. The van der Waals surface area contributed by atoms with Crippen LogP contribution < -0.4 is 22.9 Å². The average molecular weight is 153 g/mol. The molecule has 0 saturated carbocycles. The van der Waals surface area contributed by atoms with E-state index >= 15 is 0 Å². The monoisotopic (exact) mass is 152 g/mol. The van der Waals surface area contributed by atoms with E-state index in [0.717, 1.165) is 4.73 Å². The number of thiazole rings is 1. The van der Waals surface area contributed by atoms with E-state index in [-0.39, 0.29) is 12.4 Å². The standard InChI is InChI=1S/C3H4N2OS.ClH/c4-3-5(6)1-2-7-3;/h1-2,4,6H;1H. The topological polar surface area (TPSA) is 50.1 Å². The van der Waals surface area contributed by atoms with E-state index in [1.165, 1.54) is 17.5 Å². The lowest BCUT2D eigenvalue weighted by Crippen LogP contribution is -3.00. The van der Waals surface area contributed by atoms with Crippen LogP contribution in [0.4, 0.5) is 5.13 Å². The molecule has 0 bridgehead atoms. The normalized spacial score (nSPS) is 8.00. The van der Waals surface area contributed by atoms with Gasteiger partial charge in [0, 0.05) is 5.38 Å². The van der Waals surface area contributed by atoms with E-state index in [4.69, 9.17) is 10.9 Å². The molecule has 0 fully saturated rings. The summed E-state index contributed by atoms with van der Waals surface area (Å²) in [6.07, 6.45) is 1.49. The lowest BCUT2D eigenvalue weighted by molar-refractivity contribution is -0.890. The SMILES string of the molecule is Nc1scc[n+]1O.[Cl-]. The van der Waals surface area contributed by atoms with Crippen LogP contribution in [0.15, 0.2) is 11.6 Å². The van der Waals surface area contributed by atoms with Crippen molar-refractivity contribution in [3.63, 3.8) is 0 Å². The molecule has 0 amide bonds. The van der Waals surface area contributed by atoms with Crippen LogP contribution in [-0.2, 0) is 0 Å². The van der Waals surface area contributed by atoms with Crippen molar-refractivity contribution in [1.29, 1.82) is 0 Å². The Balaban J connectivity index is 0.000000490. The zero-order chi connectivity index (χ0) is 5.28. The van der Waals surface area contributed by atoms with Gasteiger partial charge in [-0.25, -0.2) is 0 Å². The van der Waals surface area contributed by atoms with Gasteiger partial charge in [-0.05, 0) is 4.73 Å². The molecule has 0 aliphatic rings. The molecule has 0 aliphatic heterocycles. The number of nitrogens with zero attached hydrogens (tertiary/aromatic N) is 1. The molecule has 0 unspecified atom stereocenters. The van der Waals surface area contributed by atoms with E-state index in [9.17, 15) is 0 Å². The molecule has 1 aromatic rings. The van der Waals surface area contributed by atoms with E-state index in [2.05, 4.69) is 0 Å². The molecule has 3 N–H and O–H groups in total. The fraction of sp³-hybridized carbons (Fsp3) is 0. The maximum absolute atomic E-state index is 8.56. The minimum absolute atomic E-state index is 0. The molecule has 46 valence electrons. The Morgan fingerprint density at radius 3 is 2.50 bits per heavy atom. The lowest BCUT2D eigenvalue weighted by Gasteiger charge is -1.75. The van der Waals surface area contributed by atoms with Crippen molar-refractivity contribution >= 4 is 16.5 Å². The van der Waals surface area contributed by atoms with Gasteiger partial charge in [0.2, 0.25) is 0 Å². The molecule has 3 nitrogen and oxygen atoms in total. The van der Waals surface area contributed by atoms with Gasteiger partial charge >= 0.3 is 5.13 Å². The molecule has 8 heavy (non-hydrogen) atoms. The predicted octanol–water partition coefficient (Wildman–Crippen LogP) is -3.14. The van der Waals surface area contributed by atoms with Gasteiger partial charge in [0.05, 0.1) is 0 Å². The van der Waals surface area contributed by atoms with Gasteiger partial charge in [-0.1, -0.05) is 11.3 Å². The zero-order valence-electron chi connectivity index (χ0n) is 3.91. The van der Waals surface area contributed by atoms with Crippen molar-refractivity contribution in [2.75, 3.05) is 5.73 Å². The predicted molar refractivity (Wildman–Crippen MR) is 26.1 cm³/mol. The first-order valence-corrected chi connectivity index (χ1v) is 2.62. The van der Waals surface area contributed by atoms with E-state index in [0.29, 0.717) is 5.13 Å². The Kier molecular flexibility index (Phi) is 2.57. The van der Waals surface area contributed by atoms with Gasteiger partial charge in [0.15, 0.2) is 0 Å². The van der Waals surface area contributed by atoms with Gasteiger partial charge < -0.3 is 17.6 Å². The fourth-order valence-electron chi connectivity index (χ4n) is 0.285. The van der Waals surface area contributed by atoms with Crippen molar-refractivity contribution in [3.8, 4) is 0 Å². The van der Waals surface area contributed by atoms with Crippen LogP contribution in [-0.4, -0.2) is 5.21 Å². The highest BCUT2D eigenvalue weighted by atomic mass is 35.5. The number of hydrogen-bond donors (Lipinski definition) is 2. The molecule has 1 heterocycles. The highest BCUT2D eigenvalue weighted by molar-refractivity contribution is 7.12. The summed E-state index contributed by atoms with van der Waals surface area (Å²) in [6, 6.07) is 0. The minimum atomic E-state index is 0. The second-order valence-electron chi connectivity index (χ2n) is 1.09. The third kappa shape index (κ3) is 1.24. The number of rotatable bonds is 0. The summed E-state index contributed by atoms with van der Waals surface area (Å²) in [5.74, 6) is 0. The summed E-state index contributed by atoms with van der Waals surface area (Å²) in [5, 5.41) is 10.7. The second kappa shape index (κ2) is 2.74. The summed E-state index contributed by atoms with van der Waals surface area (Å²) in [7, 11) is 0. The first-order chi connectivity index (χ1) is 3.30. The first-order valence-electron chi connectivity index (χ1n) is 1.74. The molecule has 0 aliphatic carbocycles. The van der Waals surface area contributed by atoms with Gasteiger partial charge in [0.25, 0.3) is 0 Å². The van der Waals surface area contributed by atoms with Crippen molar-refractivity contribution in [2.24, 2.45) is 0 Å². The molecule has 0 radical (unpaired) electrons. The van der Waals surface area contributed by atoms with Crippen LogP contribution in [0.5, 0.6) is 0 Å². The number of anilines is 1. The third-order valence-electron chi connectivity index (χ3n) is 0.617. The van der Waals surface area contributed by atoms with Gasteiger partial charge in [-0.15, -0.1) is 0 Å². The molecule has 1 aromatic heterocycles.